The highest BCUT2D eigenvalue weighted by Gasteiger charge is 2.11. The van der Waals surface area contributed by atoms with Gasteiger partial charge in [-0.3, -0.25) is 0 Å². The predicted molar refractivity (Wildman–Crippen MR) is 81.1 cm³/mol. The minimum Gasteiger partial charge on any atom is -0.493 e. The van der Waals surface area contributed by atoms with Crippen molar-refractivity contribution in [2.75, 3.05) is 13.7 Å². The Labute approximate surface area is 124 Å². The monoisotopic (exact) mass is 289 g/mol. The van der Waals surface area contributed by atoms with Crippen molar-refractivity contribution in [3.8, 4) is 11.5 Å². The molecule has 0 atom stereocenters. The largest absolute Gasteiger partial charge is 0.493 e. The van der Waals surface area contributed by atoms with E-state index in [1.165, 1.54) is 6.07 Å². The molecular formula is C17H20FNO2. The molecule has 0 heterocycles. The van der Waals surface area contributed by atoms with Crippen LogP contribution in [0, 0.1) is 5.82 Å². The van der Waals surface area contributed by atoms with Crippen LogP contribution >= 0.6 is 0 Å². The minimum atomic E-state index is -0.263. The summed E-state index contributed by atoms with van der Waals surface area (Å²) in [6.07, 6.45) is 0. The van der Waals surface area contributed by atoms with E-state index < -0.39 is 0 Å². The molecule has 0 amide bonds. The Kier molecular flexibility index (Phi) is 5.58. The molecule has 2 aromatic carbocycles. The first-order valence-electron chi connectivity index (χ1n) is 6.99. The second-order valence-electron chi connectivity index (χ2n) is 4.61. The standard InChI is InChI=1S/C17H20FNO2/c1-3-19-11-13-8-6-10-16(20-2)17(13)21-12-14-7-4-5-9-15(14)18/h4-10,19H,3,11-12H2,1-2H3. The predicted octanol–water partition coefficient (Wildman–Crippen LogP) is 3.52. The van der Waals surface area contributed by atoms with Crippen LogP contribution in [-0.2, 0) is 13.2 Å². The van der Waals surface area contributed by atoms with Crippen molar-refractivity contribution in [1.29, 1.82) is 0 Å². The maximum absolute atomic E-state index is 13.7. The first-order chi connectivity index (χ1) is 10.3. The average Bonchev–Trinajstić information content (AvgIpc) is 2.52. The summed E-state index contributed by atoms with van der Waals surface area (Å²) in [6, 6.07) is 12.3. The van der Waals surface area contributed by atoms with Gasteiger partial charge in [0.25, 0.3) is 0 Å². The minimum absolute atomic E-state index is 0.173. The zero-order valence-electron chi connectivity index (χ0n) is 12.4. The molecule has 0 aliphatic rings. The molecule has 0 spiro atoms. The number of hydrogen-bond donors (Lipinski definition) is 1. The zero-order valence-corrected chi connectivity index (χ0v) is 12.4. The van der Waals surface area contributed by atoms with E-state index in [0.717, 1.165) is 12.1 Å². The van der Waals surface area contributed by atoms with Gasteiger partial charge < -0.3 is 14.8 Å². The lowest BCUT2D eigenvalue weighted by atomic mass is 10.1. The van der Waals surface area contributed by atoms with E-state index in [0.29, 0.717) is 23.6 Å². The van der Waals surface area contributed by atoms with E-state index in [1.54, 1.807) is 25.3 Å². The van der Waals surface area contributed by atoms with Gasteiger partial charge in [0, 0.05) is 17.7 Å². The number of ether oxygens (including phenoxy) is 2. The highest BCUT2D eigenvalue weighted by atomic mass is 19.1. The number of benzene rings is 2. The molecule has 0 aromatic heterocycles. The van der Waals surface area contributed by atoms with Crippen molar-refractivity contribution in [1.82, 2.24) is 5.32 Å². The Morgan fingerprint density at radius 1 is 1.05 bits per heavy atom. The molecule has 0 bridgehead atoms. The lowest BCUT2D eigenvalue weighted by molar-refractivity contribution is 0.276. The van der Waals surface area contributed by atoms with Crippen LogP contribution in [-0.4, -0.2) is 13.7 Å². The van der Waals surface area contributed by atoms with Crippen molar-refractivity contribution in [3.63, 3.8) is 0 Å². The van der Waals surface area contributed by atoms with Gasteiger partial charge >= 0.3 is 0 Å². The van der Waals surface area contributed by atoms with Crippen LogP contribution in [0.4, 0.5) is 4.39 Å². The summed E-state index contributed by atoms with van der Waals surface area (Å²) in [5.74, 6) is 1.05. The Bertz CT molecular complexity index is 587. The number of rotatable bonds is 7. The maximum Gasteiger partial charge on any atom is 0.166 e. The third kappa shape index (κ3) is 3.95. The van der Waals surface area contributed by atoms with E-state index in [1.807, 2.05) is 25.1 Å². The summed E-state index contributed by atoms with van der Waals surface area (Å²) >= 11 is 0. The van der Waals surface area contributed by atoms with Gasteiger partial charge in [-0.15, -0.1) is 0 Å². The van der Waals surface area contributed by atoms with Gasteiger partial charge in [0.05, 0.1) is 7.11 Å². The molecule has 2 rings (SSSR count). The number of hydrogen-bond acceptors (Lipinski definition) is 3. The Morgan fingerprint density at radius 3 is 2.52 bits per heavy atom. The van der Waals surface area contributed by atoms with Crippen molar-refractivity contribution in [2.45, 2.75) is 20.1 Å². The summed E-state index contributed by atoms with van der Waals surface area (Å²) in [5, 5.41) is 3.26. The van der Waals surface area contributed by atoms with E-state index in [2.05, 4.69) is 5.32 Å². The van der Waals surface area contributed by atoms with Crippen LogP contribution in [0.5, 0.6) is 11.5 Å². The van der Waals surface area contributed by atoms with Gasteiger partial charge in [-0.05, 0) is 18.7 Å². The summed E-state index contributed by atoms with van der Waals surface area (Å²) in [7, 11) is 1.60. The molecule has 0 unspecified atom stereocenters. The molecule has 0 fully saturated rings. The van der Waals surface area contributed by atoms with Crippen molar-refractivity contribution in [3.05, 3.63) is 59.4 Å². The lowest BCUT2D eigenvalue weighted by Crippen LogP contribution is -2.13. The topological polar surface area (TPSA) is 30.5 Å². The molecule has 1 N–H and O–H groups in total. The normalized spacial score (nSPS) is 10.4. The fourth-order valence-electron chi connectivity index (χ4n) is 2.05. The molecule has 112 valence electrons. The van der Waals surface area contributed by atoms with Gasteiger partial charge in [-0.25, -0.2) is 4.39 Å². The Balaban J connectivity index is 2.19. The third-order valence-electron chi connectivity index (χ3n) is 3.18. The third-order valence-corrected chi connectivity index (χ3v) is 3.18. The molecule has 0 aliphatic carbocycles. The molecule has 3 nitrogen and oxygen atoms in total. The van der Waals surface area contributed by atoms with E-state index in [-0.39, 0.29) is 12.4 Å². The van der Waals surface area contributed by atoms with Crippen molar-refractivity contribution < 1.29 is 13.9 Å². The first-order valence-corrected chi connectivity index (χ1v) is 6.99. The van der Waals surface area contributed by atoms with Crippen LogP contribution in [0.15, 0.2) is 42.5 Å². The van der Waals surface area contributed by atoms with Gasteiger partial charge in [0.2, 0.25) is 0 Å². The molecule has 0 saturated carbocycles. The number of halogens is 1. The van der Waals surface area contributed by atoms with Crippen LogP contribution in [0.2, 0.25) is 0 Å². The summed E-state index contributed by atoms with van der Waals surface area (Å²) in [4.78, 5) is 0. The Hall–Kier alpha value is -2.07. The summed E-state index contributed by atoms with van der Waals surface area (Å²) in [5.41, 5.74) is 1.52. The fourth-order valence-corrected chi connectivity index (χ4v) is 2.05. The smallest absolute Gasteiger partial charge is 0.166 e. The maximum atomic E-state index is 13.7. The van der Waals surface area contributed by atoms with Crippen LogP contribution < -0.4 is 14.8 Å². The van der Waals surface area contributed by atoms with E-state index in [9.17, 15) is 4.39 Å². The second kappa shape index (κ2) is 7.64. The highest BCUT2D eigenvalue weighted by Crippen LogP contribution is 2.32. The summed E-state index contributed by atoms with van der Waals surface area (Å²) in [6.45, 7) is 3.76. The van der Waals surface area contributed by atoms with Crippen molar-refractivity contribution >= 4 is 0 Å². The average molecular weight is 289 g/mol. The fraction of sp³-hybridized carbons (Fsp3) is 0.294. The quantitative estimate of drug-likeness (QED) is 0.846. The molecule has 0 saturated heterocycles. The van der Waals surface area contributed by atoms with Crippen LogP contribution in [0.1, 0.15) is 18.1 Å². The number of methoxy groups -OCH3 is 1. The molecule has 4 heteroatoms. The zero-order chi connectivity index (χ0) is 15.1. The van der Waals surface area contributed by atoms with E-state index in [4.69, 9.17) is 9.47 Å². The second-order valence-corrected chi connectivity index (χ2v) is 4.61. The van der Waals surface area contributed by atoms with Gasteiger partial charge in [-0.1, -0.05) is 37.3 Å². The lowest BCUT2D eigenvalue weighted by Gasteiger charge is -2.15. The van der Waals surface area contributed by atoms with Crippen molar-refractivity contribution in [2.24, 2.45) is 0 Å². The molecular weight excluding hydrogens is 269 g/mol. The Morgan fingerprint density at radius 2 is 1.81 bits per heavy atom. The van der Waals surface area contributed by atoms with E-state index >= 15 is 0 Å². The molecule has 0 radical (unpaired) electrons. The highest BCUT2D eigenvalue weighted by molar-refractivity contribution is 5.46. The molecule has 0 aliphatic heterocycles. The van der Waals surface area contributed by atoms with Gasteiger partial charge in [0.1, 0.15) is 12.4 Å². The molecule has 21 heavy (non-hydrogen) atoms. The number of para-hydroxylation sites is 1. The van der Waals surface area contributed by atoms with Gasteiger partial charge in [-0.2, -0.15) is 0 Å². The molecule has 2 aromatic rings. The number of nitrogens with one attached hydrogen (secondary N) is 1. The van der Waals surface area contributed by atoms with Crippen LogP contribution in [0.25, 0.3) is 0 Å². The van der Waals surface area contributed by atoms with Gasteiger partial charge in [0.15, 0.2) is 11.5 Å². The van der Waals surface area contributed by atoms with Crippen LogP contribution in [0.3, 0.4) is 0 Å². The first kappa shape index (κ1) is 15.3. The summed E-state index contributed by atoms with van der Waals surface area (Å²) < 4.78 is 24.8. The SMILES string of the molecule is CCNCc1cccc(OC)c1OCc1ccccc1F.